The lowest BCUT2D eigenvalue weighted by Crippen LogP contribution is -2.66. The average Bonchev–Trinajstić information content (AvgIpc) is 2.49. The fourth-order valence-corrected chi connectivity index (χ4v) is 2.62. The Kier molecular flexibility index (Phi) is 8.46. The van der Waals surface area contributed by atoms with Crippen LogP contribution in [0, 0.1) is 0 Å². The van der Waals surface area contributed by atoms with E-state index in [0.717, 1.165) is 0 Å². The molecule has 1 unspecified atom stereocenters. The zero-order chi connectivity index (χ0) is 19.9. The van der Waals surface area contributed by atoms with Crippen LogP contribution in [0.2, 0.25) is 0 Å². The van der Waals surface area contributed by atoms with E-state index in [2.05, 4.69) is 5.32 Å². The molecule has 1 rings (SSSR count). The molecule has 0 aromatic rings. The zero-order valence-electron chi connectivity index (χ0n) is 15.5. The highest BCUT2D eigenvalue weighted by molar-refractivity contribution is 5.68. The first-order chi connectivity index (χ1) is 12.1. The summed E-state index contributed by atoms with van der Waals surface area (Å²) < 4.78 is 26.4. The minimum atomic E-state index is -1.14. The Morgan fingerprint density at radius 1 is 0.846 bits per heavy atom. The van der Waals surface area contributed by atoms with Gasteiger partial charge in [0.1, 0.15) is 18.8 Å². The molecule has 1 heterocycles. The molecule has 0 radical (unpaired) electrons. The maximum atomic E-state index is 11.6. The molecule has 1 N–H and O–H groups in total. The SMILES string of the molecule is CCN[C@H]1C(OC(C)=O)O[C@H](COC(C)=O)[C@@H](OC(C)=O)[C@@H]1OC(C)=O. The van der Waals surface area contributed by atoms with Crippen molar-refractivity contribution >= 4 is 23.9 Å². The van der Waals surface area contributed by atoms with Crippen molar-refractivity contribution in [1.82, 2.24) is 5.32 Å². The molecule has 10 heteroatoms. The van der Waals surface area contributed by atoms with Gasteiger partial charge >= 0.3 is 23.9 Å². The molecule has 0 saturated carbocycles. The van der Waals surface area contributed by atoms with Gasteiger partial charge in [0, 0.05) is 27.7 Å². The van der Waals surface area contributed by atoms with E-state index in [-0.39, 0.29) is 6.61 Å². The van der Waals surface area contributed by atoms with Crippen LogP contribution >= 0.6 is 0 Å². The van der Waals surface area contributed by atoms with Crippen LogP contribution in [-0.4, -0.2) is 67.7 Å². The molecular weight excluding hydrogens is 350 g/mol. The van der Waals surface area contributed by atoms with Crippen LogP contribution in [-0.2, 0) is 42.9 Å². The number of carbonyl (C=O) groups excluding carboxylic acids is 4. The van der Waals surface area contributed by atoms with Gasteiger partial charge in [-0.15, -0.1) is 0 Å². The van der Waals surface area contributed by atoms with Crippen LogP contribution in [0.1, 0.15) is 34.6 Å². The number of nitrogens with one attached hydrogen (secondary N) is 1. The van der Waals surface area contributed by atoms with Gasteiger partial charge < -0.3 is 29.0 Å². The number of rotatable bonds is 7. The molecule has 26 heavy (non-hydrogen) atoms. The smallest absolute Gasteiger partial charge is 0.304 e. The molecule has 148 valence electrons. The lowest BCUT2D eigenvalue weighted by atomic mass is 9.96. The Morgan fingerprint density at radius 3 is 1.85 bits per heavy atom. The highest BCUT2D eigenvalue weighted by atomic mass is 16.7. The lowest BCUT2D eigenvalue weighted by Gasteiger charge is -2.44. The van der Waals surface area contributed by atoms with Crippen molar-refractivity contribution in [2.75, 3.05) is 13.2 Å². The first kappa shape index (κ1) is 21.8. The first-order valence-corrected chi connectivity index (χ1v) is 8.19. The van der Waals surface area contributed by atoms with E-state index in [0.29, 0.717) is 6.54 Å². The number of esters is 4. The van der Waals surface area contributed by atoms with Crippen LogP contribution in [0.3, 0.4) is 0 Å². The van der Waals surface area contributed by atoms with Gasteiger partial charge in [0.2, 0.25) is 6.29 Å². The van der Waals surface area contributed by atoms with Crippen LogP contribution in [0.15, 0.2) is 0 Å². The largest absolute Gasteiger partial charge is 0.463 e. The Morgan fingerprint density at radius 2 is 1.38 bits per heavy atom. The molecule has 0 bridgehead atoms. The number of hydrogen-bond donors (Lipinski definition) is 1. The van der Waals surface area contributed by atoms with Gasteiger partial charge in [0.15, 0.2) is 12.2 Å². The molecule has 1 aliphatic rings. The summed E-state index contributed by atoms with van der Waals surface area (Å²) in [7, 11) is 0. The lowest BCUT2D eigenvalue weighted by molar-refractivity contribution is -0.271. The van der Waals surface area contributed by atoms with E-state index in [4.69, 9.17) is 23.7 Å². The van der Waals surface area contributed by atoms with E-state index in [1.165, 1.54) is 27.7 Å². The summed E-state index contributed by atoms with van der Waals surface area (Å²) in [6.07, 6.45) is -4.21. The Balaban J connectivity index is 3.21. The van der Waals surface area contributed by atoms with Gasteiger partial charge in [-0.3, -0.25) is 19.2 Å². The monoisotopic (exact) mass is 375 g/mol. The van der Waals surface area contributed by atoms with Crippen LogP contribution in [0.25, 0.3) is 0 Å². The third kappa shape index (κ3) is 6.60. The van der Waals surface area contributed by atoms with Crippen molar-refractivity contribution in [3.05, 3.63) is 0 Å². The summed E-state index contributed by atoms with van der Waals surface area (Å²) in [5.74, 6) is -2.44. The summed E-state index contributed by atoms with van der Waals surface area (Å²) in [5, 5.41) is 3.01. The molecule has 0 aliphatic carbocycles. The Hall–Kier alpha value is -2.20. The van der Waals surface area contributed by atoms with Gasteiger partial charge in [-0.2, -0.15) is 0 Å². The standard InChI is InChI=1S/C16H25NO9/c1-6-17-13-15(24-10(4)20)14(23-9(3)19)12(7-22-8(2)18)26-16(13)25-11(5)21/h12-17H,6-7H2,1-5H3/t12-,13-,14-,15-,16?/m1/s1. The fraction of sp³-hybridized carbons (Fsp3) is 0.750. The molecule has 10 nitrogen and oxygen atoms in total. The van der Waals surface area contributed by atoms with Crippen molar-refractivity contribution in [3.63, 3.8) is 0 Å². The Labute approximate surface area is 151 Å². The van der Waals surface area contributed by atoms with Crippen molar-refractivity contribution in [2.45, 2.75) is 65.3 Å². The van der Waals surface area contributed by atoms with E-state index < -0.39 is 54.5 Å². The van der Waals surface area contributed by atoms with Gasteiger partial charge in [-0.25, -0.2) is 0 Å². The summed E-state index contributed by atoms with van der Waals surface area (Å²) in [6, 6.07) is -0.786. The van der Waals surface area contributed by atoms with Crippen molar-refractivity contribution in [1.29, 1.82) is 0 Å². The molecule has 0 amide bonds. The quantitative estimate of drug-likeness (QED) is 0.467. The number of hydrogen-bond acceptors (Lipinski definition) is 10. The number of carbonyl (C=O) groups is 4. The predicted octanol–water partition coefficient (Wildman–Crippen LogP) is -0.321. The fourth-order valence-electron chi connectivity index (χ4n) is 2.62. The van der Waals surface area contributed by atoms with E-state index in [1.54, 1.807) is 6.92 Å². The second-order valence-corrected chi connectivity index (χ2v) is 5.69. The molecule has 1 saturated heterocycles. The van der Waals surface area contributed by atoms with E-state index in [1.807, 2.05) is 0 Å². The first-order valence-electron chi connectivity index (χ1n) is 8.19. The predicted molar refractivity (Wildman–Crippen MR) is 85.6 cm³/mol. The van der Waals surface area contributed by atoms with Crippen LogP contribution in [0.5, 0.6) is 0 Å². The maximum absolute atomic E-state index is 11.6. The minimum Gasteiger partial charge on any atom is -0.463 e. The third-order valence-electron chi connectivity index (χ3n) is 3.42. The number of likely N-dealkylation sites (N-methyl/N-ethyl adjacent to an activating group) is 1. The summed E-state index contributed by atoms with van der Waals surface area (Å²) >= 11 is 0. The average molecular weight is 375 g/mol. The second kappa shape index (κ2) is 10.1. The zero-order valence-corrected chi connectivity index (χ0v) is 15.5. The number of ether oxygens (including phenoxy) is 5. The molecule has 0 aromatic heterocycles. The van der Waals surface area contributed by atoms with Gasteiger partial charge in [-0.1, -0.05) is 6.92 Å². The van der Waals surface area contributed by atoms with Crippen molar-refractivity contribution in [3.8, 4) is 0 Å². The highest BCUT2D eigenvalue weighted by Gasteiger charge is 2.51. The minimum absolute atomic E-state index is 0.276. The summed E-state index contributed by atoms with van der Waals surface area (Å²) in [4.78, 5) is 45.6. The van der Waals surface area contributed by atoms with E-state index in [9.17, 15) is 19.2 Å². The molecule has 5 atom stereocenters. The van der Waals surface area contributed by atoms with Gasteiger partial charge in [0.05, 0.1) is 0 Å². The maximum Gasteiger partial charge on any atom is 0.304 e. The summed E-state index contributed by atoms with van der Waals surface area (Å²) in [6.45, 7) is 6.75. The van der Waals surface area contributed by atoms with Crippen LogP contribution < -0.4 is 5.32 Å². The van der Waals surface area contributed by atoms with Crippen LogP contribution in [0.4, 0.5) is 0 Å². The summed E-state index contributed by atoms with van der Waals surface area (Å²) in [5.41, 5.74) is 0. The molecular formula is C16H25NO9. The Bertz CT molecular complexity index is 536. The van der Waals surface area contributed by atoms with Gasteiger partial charge in [-0.05, 0) is 6.54 Å². The van der Waals surface area contributed by atoms with Crippen molar-refractivity contribution < 1.29 is 42.9 Å². The molecule has 1 aliphatic heterocycles. The second-order valence-electron chi connectivity index (χ2n) is 5.69. The molecule has 0 spiro atoms. The third-order valence-corrected chi connectivity index (χ3v) is 3.42. The van der Waals surface area contributed by atoms with E-state index >= 15 is 0 Å². The highest BCUT2D eigenvalue weighted by Crippen LogP contribution is 2.27. The normalized spacial score (nSPS) is 28.0. The molecule has 1 fully saturated rings. The molecule has 0 aromatic carbocycles. The van der Waals surface area contributed by atoms with Gasteiger partial charge in [0.25, 0.3) is 0 Å². The topological polar surface area (TPSA) is 126 Å². The van der Waals surface area contributed by atoms with Crippen molar-refractivity contribution in [2.24, 2.45) is 0 Å².